The van der Waals surface area contributed by atoms with Crippen LogP contribution in [0, 0.1) is 0 Å². The molecule has 0 amide bonds. The van der Waals surface area contributed by atoms with E-state index in [1.165, 1.54) is 5.57 Å². The molecule has 4 heteroatoms. The van der Waals surface area contributed by atoms with E-state index in [9.17, 15) is 0 Å². The molecule has 2 heterocycles. The number of thiazole rings is 1. The van der Waals surface area contributed by atoms with Crippen molar-refractivity contribution in [1.82, 2.24) is 10.3 Å². The summed E-state index contributed by atoms with van der Waals surface area (Å²) in [5, 5.41) is 6.08. The van der Waals surface area contributed by atoms with Gasteiger partial charge in [-0.05, 0) is 12.0 Å². The monoisotopic (exact) mass is 193 g/mol. The van der Waals surface area contributed by atoms with Crippen molar-refractivity contribution in [2.45, 2.75) is 13.3 Å². The van der Waals surface area contributed by atoms with Crippen molar-refractivity contribution in [2.24, 2.45) is 4.99 Å². The van der Waals surface area contributed by atoms with Crippen LogP contribution in [0.1, 0.15) is 18.4 Å². The average molecular weight is 193 g/mol. The fourth-order valence-electron chi connectivity index (χ4n) is 1.13. The van der Waals surface area contributed by atoms with Gasteiger partial charge in [-0.15, -0.1) is 11.3 Å². The van der Waals surface area contributed by atoms with Crippen LogP contribution >= 0.6 is 11.3 Å². The third-order valence-corrected chi connectivity index (χ3v) is 2.72. The number of nitrogens with zero attached hydrogens (tertiary/aromatic N) is 2. The highest BCUT2D eigenvalue weighted by Crippen LogP contribution is 2.10. The van der Waals surface area contributed by atoms with Gasteiger partial charge in [-0.1, -0.05) is 6.92 Å². The Kier molecular flexibility index (Phi) is 2.40. The van der Waals surface area contributed by atoms with E-state index in [-0.39, 0.29) is 0 Å². The standard InChI is InChI=1S/C9H11N3S/c1-2-7-5-11-8(12-6-7)9-10-3-4-13-9/h3-5H,2,6H2,1H3,(H,11,12). The molecule has 0 saturated carbocycles. The molecule has 1 N–H and O–H groups in total. The molecule has 0 radical (unpaired) electrons. The maximum Gasteiger partial charge on any atom is 0.162 e. The topological polar surface area (TPSA) is 37.3 Å². The van der Waals surface area contributed by atoms with Gasteiger partial charge in [-0.2, -0.15) is 0 Å². The lowest BCUT2D eigenvalue weighted by molar-refractivity contribution is 0.945. The Morgan fingerprint density at radius 1 is 1.62 bits per heavy atom. The Hall–Kier alpha value is -1.16. The van der Waals surface area contributed by atoms with Gasteiger partial charge in [0.15, 0.2) is 10.8 Å². The molecule has 1 aromatic rings. The summed E-state index contributed by atoms with van der Waals surface area (Å²) in [6, 6.07) is 0. The highest BCUT2D eigenvalue weighted by molar-refractivity contribution is 7.11. The van der Waals surface area contributed by atoms with Crippen molar-refractivity contribution in [1.29, 1.82) is 0 Å². The third-order valence-electron chi connectivity index (χ3n) is 1.94. The zero-order valence-corrected chi connectivity index (χ0v) is 8.27. The number of hydrogen-bond donors (Lipinski definition) is 1. The smallest absolute Gasteiger partial charge is 0.162 e. The van der Waals surface area contributed by atoms with E-state index in [1.807, 2.05) is 11.6 Å². The average Bonchev–Trinajstić information content (AvgIpc) is 2.71. The van der Waals surface area contributed by atoms with Gasteiger partial charge in [0.05, 0.1) is 6.54 Å². The van der Waals surface area contributed by atoms with Crippen molar-refractivity contribution in [3.8, 4) is 0 Å². The van der Waals surface area contributed by atoms with E-state index in [2.05, 4.69) is 22.2 Å². The maximum absolute atomic E-state index is 4.41. The summed E-state index contributed by atoms with van der Waals surface area (Å²) >= 11 is 1.60. The molecular formula is C9H11N3S. The first-order valence-corrected chi connectivity index (χ1v) is 5.17. The summed E-state index contributed by atoms with van der Waals surface area (Å²) in [5.41, 5.74) is 1.33. The molecule has 0 fully saturated rings. The lowest BCUT2D eigenvalue weighted by atomic mass is 10.2. The van der Waals surface area contributed by atoms with E-state index in [4.69, 9.17) is 0 Å². The van der Waals surface area contributed by atoms with Crippen LogP contribution in [0.25, 0.3) is 0 Å². The van der Waals surface area contributed by atoms with Gasteiger partial charge in [-0.3, -0.25) is 4.99 Å². The van der Waals surface area contributed by atoms with Crippen LogP contribution in [-0.2, 0) is 0 Å². The molecule has 0 aliphatic carbocycles. The van der Waals surface area contributed by atoms with E-state index < -0.39 is 0 Å². The predicted molar refractivity (Wildman–Crippen MR) is 55.0 cm³/mol. The first-order chi connectivity index (χ1) is 6.40. The van der Waals surface area contributed by atoms with Gasteiger partial charge < -0.3 is 5.32 Å². The van der Waals surface area contributed by atoms with Gasteiger partial charge >= 0.3 is 0 Å². The number of nitrogens with one attached hydrogen (secondary N) is 1. The second-order valence-electron chi connectivity index (χ2n) is 2.80. The Labute approximate surface area is 81.2 Å². The summed E-state index contributed by atoms with van der Waals surface area (Å²) in [6.45, 7) is 2.94. The molecule has 0 atom stereocenters. The van der Waals surface area contributed by atoms with Gasteiger partial charge in [0, 0.05) is 17.8 Å². The third kappa shape index (κ3) is 1.78. The van der Waals surface area contributed by atoms with Crippen LogP contribution in [0.15, 0.2) is 28.3 Å². The Balaban J connectivity index is 2.10. The summed E-state index contributed by atoms with van der Waals surface area (Å²) in [7, 11) is 0. The van der Waals surface area contributed by atoms with Gasteiger partial charge in [0.2, 0.25) is 0 Å². The Bertz CT molecular complexity index is 338. The van der Waals surface area contributed by atoms with Crippen molar-refractivity contribution in [3.63, 3.8) is 0 Å². The molecule has 1 aliphatic rings. The summed E-state index contributed by atoms with van der Waals surface area (Å²) < 4.78 is 0. The van der Waals surface area contributed by atoms with E-state index in [1.54, 1.807) is 17.5 Å². The highest BCUT2D eigenvalue weighted by atomic mass is 32.1. The minimum Gasteiger partial charge on any atom is -0.344 e. The summed E-state index contributed by atoms with van der Waals surface area (Å²) in [5.74, 6) is 0.896. The molecule has 1 aliphatic heterocycles. The zero-order valence-electron chi connectivity index (χ0n) is 7.45. The van der Waals surface area contributed by atoms with Crippen LogP contribution in [0.2, 0.25) is 0 Å². The van der Waals surface area contributed by atoms with Crippen molar-refractivity contribution in [3.05, 3.63) is 28.4 Å². The molecule has 0 unspecified atom stereocenters. The maximum atomic E-state index is 4.41. The zero-order chi connectivity index (χ0) is 9.10. The summed E-state index contributed by atoms with van der Waals surface area (Å²) in [4.78, 5) is 8.60. The fraction of sp³-hybridized carbons (Fsp3) is 0.333. The molecule has 1 aromatic heterocycles. The van der Waals surface area contributed by atoms with Gasteiger partial charge in [0.1, 0.15) is 0 Å². The van der Waals surface area contributed by atoms with Crippen molar-refractivity contribution >= 4 is 17.2 Å². The van der Waals surface area contributed by atoms with Crippen LogP contribution < -0.4 is 5.32 Å². The molecule has 13 heavy (non-hydrogen) atoms. The minimum atomic E-state index is 0.804. The van der Waals surface area contributed by atoms with Crippen LogP contribution in [0.3, 0.4) is 0 Å². The fourth-order valence-corrected chi connectivity index (χ4v) is 1.73. The molecule has 0 spiro atoms. The van der Waals surface area contributed by atoms with E-state index >= 15 is 0 Å². The molecule has 0 saturated heterocycles. The first-order valence-electron chi connectivity index (χ1n) is 4.29. The van der Waals surface area contributed by atoms with Crippen molar-refractivity contribution < 1.29 is 0 Å². The normalized spacial score (nSPS) is 16.1. The van der Waals surface area contributed by atoms with Gasteiger partial charge in [0.25, 0.3) is 0 Å². The second kappa shape index (κ2) is 3.70. The predicted octanol–water partition coefficient (Wildman–Crippen LogP) is 1.79. The van der Waals surface area contributed by atoms with Gasteiger partial charge in [-0.25, -0.2) is 4.98 Å². The molecule has 3 nitrogen and oxygen atoms in total. The molecule has 0 bridgehead atoms. The largest absolute Gasteiger partial charge is 0.344 e. The Morgan fingerprint density at radius 3 is 3.08 bits per heavy atom. The number of aromatic nitrogens is 1. The number of amidine groups is 1. The first kappa shape index (κ1) is 8.44. The lowest BCUT2D eigenvalue weighted by Gasteiger charge is -2.11. The highest BCUT2D eigenvalue weighted by Gasteiger charge is 2.08. The number of hydrogen-bond acceptors (Lipinski definition) is 4. The summed E-state index contributed by atoms with van der Waals surface area (Å²) in [6.07, 6.45) is 4.88. The minimum absolute atomic E-state index is 0.804. The van der Waals surface area contributed by atoms with Crippen LogP contribution in [0.5, 0.6) is 0 Å². The second-order valence-corrected chi connectivity index (χ2v) is 3.70. The SMILES string of the molecule is CCC1=CNC(c2nccs2)=NC1. The molecular weight excluding hydrogens is 182 g/mol. The quantitative estimate of drug-likeness (QED) is 0.777. The van der Waals surface area contributed by atoms with E-state index in [0.717, 1.165) is 23.8 Å². The lowest BCUT2D eigenvalue weighted by Crippen LogP contribution is -2.23. The van der Waals surface area contributed by atoms with E-state index in [0.29, 0.717) is 0 Å². The number of aliphatic imine (C=N–C) groups is 1. The molecule has 68 valence electrons. The van der Waals surface area contributed by atoms with Crippen LogP contribution in [0.4, 0.5) is 0 Å². The van der Waals surface area contributed by atoms with Crippen LogP contribution in [-0.4, -0.2) is 17.4 Å². The molecule has 0 aromatic carbocycles. The Morgan fingerprint density at radius 2 is 2.54 bits per heavy atom. The van der Waals surface area contributed by atoms with Crippen molar-refractivity contribution in [2.75, 3.05) is 6.54 Å². The molecule has 2 rings (SSSR count). The number of rotatable bonds is 2.